The van der Waals surface area contributed by atoms with Crippen LogP contribution < -0.4 is 4.74 Å². The second-order valence-corrected chi connectivity index (χ2v) is 3.67. The van der Waals surface area contributed by atoms with Crippen LogP contribution >= 0.6 is 11.6 Å². The van der Waals surface area contributed by atoms with Crippen LogP contribution in [0.4, 0.5) is 8.78 Å². The lowest BCUT2D eigenvalue weighted by atomic mass is 10.1. The van der Waals surface area contributed by atoms with Crippen LogP contribution in [0.2, 0.25) is 5.02 Å². The summed E-state index contributed by atoms with van der Waals surface area (Å²) in [5.41, 5.74) is -0.292. The lowest BCUT2D eigenvalue weighted by Gasteiger charge is -2.15. The monoisotopic (exact) mass is 280 g/mol. The normalized spacial score (nSPS) is 12.1. The van der Waals surface area contributed by atoms with Gasteiger partial charge >= 0.3 is 5.97 Å². The van der Waals surface area contributed by atoms with Crippen molar-refractivity contribution in [2.24, 2.45) is 0 Å². The van der Waals surface area contributed by atoms with Gasteiger partial charge in [-0.25, -0.2) is 9.18 Å². The highest BCUT2D eigenvalue weighted by Gasteiger charge is 2.27. The molecule has 0 aliphatic rings. The predicted molar refractivity (Wildman–Crippen MR) is 59.5 cm³/mol. The molecule has 1 rings (SSSR count). The van der Waals surface area contributed by atoms with Crippen LogP contribution in [-0.4, -0.2) is 24.8 Å². The smallest absolute Gasteiger partial charge is 0.339 e. The fourth-order valence-electron chi connectivity index (χ4n) is 1.36. The van der Waals surface area contributed by atoms with E-state index in [2.05, 4.69) is 9.47 Å². The highest BCUT2D eigenvalue weighted by molar-refractivity contribution is 6.30. The summed E-state index contributed by atoms with van der Waals surface area (Å²) < 4.78 is 35.9. The first-order valence-electron chi connectivity index (χ1n) is 5.00. The van der Waals surface area contributed by atoms with E-state index >= 15 is 0 Å². The molecule has 1 aromatic rings. The van der Waals surface area contributed by atoms with Gasteiger partial charge in [0.2, 0.25) is 5.82 Å². The molecular formula is C11H11ClF2O4. The van der Waals surface area contributed by atoms with Gasteiger partial charge in [0.15, 0.2) is 17.7 Å². The van der Waals surface area contributed by atoms with Gasteiger partial charge in [-0.15, -0.1) is 0 Å². The Hall–Kier alpha value is -1.40. The SMILES string of the molecule is CCOC(=O)C(O)c1cc(Cl)c(F)c(F)c1OC. The lowest BCUT2D eigenvalue weighted by molar-refractivity contribution is -0.153. The average Bonchev–Trinajstić information content (AvgIpc) is 2.35. The zero-order chi connectivity index (χ0) is 13.9. The summed E-state index contributed by atoms with van der Waals surface area (Å²) in [5.74, 6) is -4.27. The molecule has 0 amide bonds. The van der Waals surface area contributed by atoms with E-state index in [-0.39, 0.29) is 12.2 Å². The Morgan fingerprint density at radius 3 is 2.61 bits per heavy atom. The Kier molecular flexibility index (Phi) is 4.86. The summed E-state index contributed by atoms with van der Waals surface area (Å²) in [6.45, 7) is 1.58. The second-order valence-electron chi connectivity index (χ2n) is 3.26. The number of aliphatic hydroxyl groups is 1. The first-order chi connectivity index (χ1) is 8.43. The van der Waals surface area contributed by atoms with Crippen LogP contribution in [-0.2, 0) is 9.53 Å². The Morgan fingerprint density at radius 1 is 1.50 bits per heavy atom. The number of carbonyl (C=O) groups is 1. The van der Waals surface area contributed by atoms with E-state index in [1.54, 1.807) is 6.92 Å². The third-order valence-corrected chi connectivity index (χ3v) is 2.43. The molecule has 0 aromatic heterocycles. The number of rotatable bonds is 4. The standard InChI is InChI=1S/C11H11ClF2O4/c1-3-18-11(16)9(15)5-4-6(12)7(13)8(14)10(5)17-2/h4,9,15H,3H2,1-2H3. The summed E-state index contributed by atoms with van der Waals surface area (Å²) in [5, 5.41) is 9.11. The molecular weight excluding hydrogens is 270 g/mol. The van der Waals surface area contributed by atoms with Gasteiger partial charge in [-0.05, 0) is 13.0 Å². The number of hydrogen-bond acceptors (Lipinski definition) is 4. The van der Waals surface area contributed by atoms with Crippen molar-refractivity contribution in [3.05, 3.63) is 28.3 Å². The maximum atomic E-state index is 13.5. The van der Waals surface area contributed by atoms with Crippen molar-refractivity contribution in [2.75, 3.05) is 13.7 Å². The molecule has 0 saturated heterocycles. The zero-order valence-corrected chi connectivity index (χ0v) is 10.4. The molecule has 1 aromatic carbocycles. The van der Waals surface area contributed by atoms with E-state index in [1.165, 1.54) is 0 Å². The first-order valence-corrected chi connectivity index (χ1v) is 5.37. The lowest BCUT2D eigenvalue weighted by Crippen LogP contribution is -2.17. The van der Waals surface area contributed by atoms with Gasteiger partial charge < -0.3 is 14.6 Å². The minimum atomic E-state index is -1.80. The molecule has 7 heteroatoms. The Balaban J connectivity index is 3.27. The Morgan fingerprint density at radius 2 is 2.11 bits per heavy atom. The van der Waals surface area contributed by atoms with Gasteiger partial charge in [-0.2, -0.15) is 4.39 Å². The van der Waals surface area contributed by atoms with E-state index < -0.39 is 34.5 Å². The van der Waals surface area contributed by atoms with Crippen LogP contribution in [0.15, 0.2) is 6.07 Å². The molecule has 18 heavy (non-hydrogen) atoms. The van der Waals surface area contributed by atoms with Gasteiger partial charge in [0.25, 0.3) is 0 Å². The molecule has 100 valence electrons. The third-order valence-electron chi connectivity index (χ3n) is 2.15. The maximum Gasteiger partial charge on any atom is 0.339 e. The quantitative estimate of drug-likeness (QED) is 0.679. The molecule has 0 bridgehead atoms. The number of benzene rings is 1. The minimum Gasteiger partial charge on any atom is -0.493 e. The van der Waals surface area contributed by atoms with Crippen LogP contribution in [0.3, 0.4) is 0 Å². The Labute approximate surface area is 107 Å². The van der Waals surface area contributed by atoms with E-state index in [1.807, 2.05) is 0 Å². The van der Waals surface area contributed by atoms with Crippen molar-refractivity contribution in [3.63, 3.8) is 0 Å². The van der Waals surface area contributed by atoms with Crippen LogP contribution in [0, 0.1) is 11.6 Å². The molecule has 1 atom stereocenters. The van der Waals surface area contributed by atoms with Gasteiger partial charge in [0, 0.05) is 5.56 Å². The van der Waals surface area contributed by atoms with Gasteiger partial charge in [0.05, 0.1) is 18.7 Å². The molecule has 1 N–H and O–H groups in total. The molecule has 1 unspecified atom stereocenters. The highest BCUT2D eigenvalue weighted by atomic mass is 35.5. The molecule has 0 aliphatic carbocycles. The third kappa shape index (κ3) is 2.70. The van der Waals surface area contributed by atoms with Crippen LogP contribution in [0.1, 0.15) is 18.6 Å². The summed E-state index contributed by atoms with van der Waals surface area (Å²) >= 11 is 5.44. The Bertz CT molecular complexity index is 465. The number of carbonyl (C=O) groups excluding carboxylic acids is 1. The molecule has 0 saturated carbocycles. The molecule has 0 spiro atoms. The van der Waals surface area contributed by atoms with Gasteiger partial charge in [0.1, 0.15) is 0 Å². The molecule has 0 fully saturated rings. The average molecular weight is 281 g/mol. The predicted octanol–water partition coefficient (Wildman–Crippen LogP) is 2.22. The van der Waals surface area contributed by atoms with Crippen molar-refractivity contribution in [1.29, 1.82) is 0 Å². The molecule has 0 heterocycles. The number of halogens is 3. The second kappa shape index (κ2) is 5.97. The summed E-state index contributed by atoms with van der Waals surface area (Å²) in [6, 6.07) is 0.917. The fraction of sp³-hybridized carbons (Fsp3) is 0.364. The van der Waals surface area contributed by atoms with Crippen molar-refractivity contribution in [2.45, 2.75) is 13.0 Å². The van der Waals surface area contributed by atoms with Crippen molar-refractivity contribution in [3.8, 4) is 5.75 Å². The topological polar surface area (TPSA) is 55.8 Å². The van der Waals surface area contributed by atoms with Gasteiger partial charge in [-0.1, -0.05) is 11.6 Å². The molecule has 4 nitrogen and oxygen atoms in total. The first kappa shape index (κ1) is 14.7. The zero-order valence-electron chi connectivity index (χ0n) is 9.67. The number of hydrogen-bond donors (Lipinski definition) is 1. The number of esters is 1. The minimum absolute atomic E-state index is 0.0373. The van der Waals surface area contributed by atoms with E-state index in [0.717, 1.165) is 13.2 Å². The summed E-state index contributed by atoms with van der Waals surface area (Å²) in [6.07, 6.45) is -1.80. The maximum absolute atomic E-state index is 13.5. The summed E-state index contributed by atoms with van der Waals surface area (Å²) in [7, 11) is 1.08. The van der Waals surface area contributed by atoms with Gasteiger partial charge in [-0.3, -0.25) is 0 Å². The largest absolute Gasteiger partial charge is 0.493 e. The van der Waals surface area contributed by atoms with Crippen LogP contribution in [0.5, 0.6) is 5.75 Å². The van der Waals surface area contributed by atoms with Crippen molar-refractivity contribution >= 4 is 17.6 Å². The highest BCUT2D eigenvalue weighted by Crippen LogP contribution is 2.34. The fourth-order valence-corrected chi connectivity index (χ4v) is 1.56. The number of aliphatic hydroxyl groups excluding tert-OH is 1. The van der Waals surface area contributed by atoms with Crippen molar-refractivity contribution in [1.82, 2.24) is 0 Å². The molecule has 0 radical (unpaired) electrons. The van der Waals surface area contributed by atoms with Crippen molar-refractivity contribution < 1.29 is 28.2 Å². The van der Waals surface area contributed by atoms with E-state index in [4.69, 9.17) is 11.6 Å². The molecule has 0 aliphatic heterocycles. The number of ether oxygens (including phenoxy) is 2. The van der Waals surface area contributed by atoms with Crippen LogP contribution in [0.25, 0.3) is 0 Å². The number of methoxy groups -OCH3 is 1. The van der Waals surface area contributed by atoms with E-state index in [0.29, 0.717) is 0 Å². The summed E-state index contributed by atoms with van der Waals surface area (Å²) in [4.78, 5) is 11.3. The van der Waals surface area contributed by atoms with E-state index in [9.17, 15) is 18.7 Å².